The van der Waals surface area contributed by atoms with E-state index in [-0.39, 0.29) is 5.56 Å². The van der Waals surface area contributed by atoms with Gasteiger partial charge in [0, 0.05) is 31.7 Å². The molecule has 0 aliphatic carbocycles. The normalized spacial score (nSPS) is 8.69. The van der Waals surface area contributed by atoms with E-state index in [2.05, 4.69) is 4.98 Å². The topological polar surface area (TPSA) is 37.8 Å². The van der Waals surface area contributed by atoms with Gasteiger partial charge in [-0.3, -0.25) is 4.79 Å². The van der Waals surface area contributed by atoms with Gasteiger partial charge in [0.2, 0.25) is 5.56 Å². The van der Waals surface area contributed by atoms with Crippen LogP contribution < -0.4 is 5.56 Å². The highest BCUT2D eigenvalue weighted by molar-refractivity contribution is 4.89. The summed E-state index contributed by atoms with van der Waals surface area (Å²) in [6, 6.07) is 8.93. The van der Waals surface area contributed by atoms with Crippen molar-refractivity contribution in [3.63, 3.8) is 0 Å². The summed E-state index contributed by atoms with van der Waals surface area (Å²) in [5.41, 5.74) is -0.0532. The first-order chi connectivity index (χ1) is 6.29. The Morgan fingerprint density at radius 2 is 1.85 bits per heavy atom. The van der Waals surface area contributed by atoms with Crippen LogP contribution in [0.25, 0.3) is 0 Å². The van der Waals surface area contributed by atoms with Crippen LogP contribution in [0.2, 0.25) is 0 Å². The number of hydrogen-bond donors (Lipinski definition) is 1. The summed E-state index contributed by atoms with van der Waals surface area (Å²) in [6.45, 7) is 0. The molecule has 0 aliphatic rings. The largest absolute Gasteiger partial charge is 0.357 e. The lowest BCUT2D eigenvalue weighted by molar-refractivity contribution is 0.928. The van der Waals surface area contributed by atoms with Gasteiger partial charge in [-0.15, -0.1) is 0 Å². The molecule has 0 aliphatic heterocycles. The molecule has 0 bridgehead atoms. The molecular weight excluding hydrogens is 164 g/mol. The average molecular weight is 176 g/mol. The first-order valence-corrected chi connectivity index (χ1v) is 4.00. The van der Waals surface area contributed by atoms with Crippen molar-refractivity contribution in [2.45, 2.75) is 0 Å². The van der Waals surface area contributed by atoms with Gasteiger partial charge in [-0.05, 0) is 18.2 Å². The van der Waals surface area contributed by atoms with E-state index < -0.39 is 0 Å². The molecule has 13 heavy (non-hydrogen) atoms. The highest BCUT2D eigenvalue weighted by atomic mass is 16.1. The molecule has 3 nitrogen and oxygen atoms in total. The molecule has 2 aromatic rings. The van der Waals surface area contributed by atoms with Crippen LogP contribution in [0.1, 0.15) is 0 Å². The third-order valence-electron chi connectivity index (χ3n) is 1.43. The molecule has 2 heterocycles. The highest BCUT2D eigenvalue weighted by Crippen LogP contribution is 1.80. The minimum atomic E-state index is -0.0532. The summed E-state index contributed by atoms with van der Waals surface area (Å²) in [7, 11) is 2.00. The Morgan fingerprint density at radius 3 is 2.08 bits per heavy atom. The monoisotopic (exact) mass is 176 g/mol. The van der Waals surface area contributed by atoms with Gasteiger partial charge in [0.25, 0.3) is 0 Å². The molecule has 0 fully saturated rings. The summed E-state index contributed by atoms with van der Waals surface area (Å²) >= 11 is 0. The number of H-pyrrole nitrogens is 1. The lowest BCUT2D eigenvalue weighted by Crippen LogP contribution is -1.98. The Bertz CT molecular complexity index is 358. The van der Waals surface area contributed by atoms with Crippen LogP contribution in [0, 0.1) is 0 Å². The molecule has 0 radical (unpaired) electrons. The molecule has 1 N–H and O–H groups in total. The van der Waals surface area contributed by atoms with Crippen molar-refractivity contribution >= 4 is 0 Å². The van der Waals surface area contributed by atoms with Crippen molar-refractivity contribution in [2.24, 2.45) is 7.05 Å². The molecule has 3 heteroatoms. The number of nitrogens with one attached hydrogen (secondary N) is 1. The molecule has 0 amide bonds. The van der Waals surface area contributed by atoms with Gasteiger partial charge in [-0.25, -0.2) is 0 Å². The van der Waals surface area contributed by atoms with Crippen molar-refractivity contribution in [1.82, 2.24) is 9.55 Å². The Kier molecular flexibility index (Phi) is 3.57. The zero-order valence-corrected chi connectivity index (χ0v) is 7.47. The summed E-state index contributed by atoms with van der Waals surface area (Å²) in [6.07, 6.45) is 5.60. The average Bonchev–Trinajstić information content (AvgIpc) is 2.58. The van der Waals surface area contributed by atoms with Crippen LogP contribution >= 0.6 is 0 Å². The third-order valence-corrected chi connectivity index (χ3v) is 1.43. The van der Waals surface area contributed by atoms with Gasteiger partial charge in [0.1, 0.15) is 0 Å². The van der Waals surface area contributed by atoms with Crippen molar-refractivity contribution < 1.29 is 0 Å². The second-order valence-corrected chi connectivity index (χ2v) is 2.58. The quantitative estimate of drug-likeness (QED) is 0.647. The van der Waals surface area contributed by atoms with Gasteiger partial charge in [0.15, 0.2) is 0 Å². The van der Waals surface area contributed by atoms with E-state index in [0.717, 1.165) is 0 Å². The molecule has 0 spiro atoms. The number of aromatic amines is 1. The Labute approximate surface area is 76.7 Å². The van der Waals surface area contributed by atoms with E-state index in [1.165, 1.54) is 6.07 Å². The van der Waals surface area contributed by atoms with Crippen molar-refractivity contribution in [3.05, 3.63) is 59.3 Å². The molecule has 68 valence electrons. The predicted molar refractivity (Wildman–Crippen MR) is 52.5 cm³/mol. The minimum absolute atomic E-state index is 0.0532. The first kappa shape index (κ1) is 9.32. The standard InChI is InChI=1S/C5H5NO.C5H7N/c7-5-3-1-2-4-6-5;1-6-4-2-3-5-6/h1-4H,(H,6,7);2-5H,1H3. The van der Waals surface area contributed by atoms with E-state index in [1.54, 1.807) is 18.3 Å². The predicted octanol–water partition coefficient (Wildman–Crippen LogP) is 1.40. The van der Waals surface area contributed by atoms with E-state index >= 15 is 0 Å². The van der Waals surface area contributed by atoms with Crippen molar-refractivity contribution in [1.29, 1.82) is 0 Å². The Balaban J connectivity index is 0.000000132. The summed E-state index contributed by atoms with van der Waals surface area (Å²) in [5.74, 6) is 0. The van der Waals surface area contributed by atoms with E-state index in [0.29, 0.717) is 0 Å². The summed E-state index contributed by atoms with van der Waals surface area (Å²) < 4.78 is 2.00. The van der Waals surface area contributed by atoms with Gasteiger partial charge in [-0.1, -0.05) is 6.07 Å². The molecule has 0 aromatic carbocycles. The fraction of sp³-hybridized carbons (Fsp3) is 0.100. The van der Waals surface area contributed by atoms with Gasteiger partial charge in [-0.2, -0.15) is 0 Å². The lowest BCUT2D eigenvalue weighted by Gasteiger charge is -1.79. The number of rotatable bonds is 0. The van der Waals surface area contributed by atoms with Crippen LogP contribution in [-0.2, 0) is 7.05 Å². The molecule has 0 saturated heterocycles. The number of aryl methyl sites for hydroxylation is 1. The maximum absolute atomic E-state index is 10.2. The maximum atomic E-state index is 10.2. The fourth-order valence-electron chi connectivity index (χ4n) is 0.797. The summed E-state index contributed by atoms with van der Waals surface area (Å²) in [4.78, 5) is 12.7. The SMILES string of the molecule is Cn1cccc1.O=c1cccc[nH]1. The molecule has 0 unspecified atom stereocenters. The maximum Gasteiger partial charge on any atom is 0.247 e. The van der Waals surface area contributed by atoms with E-state index in [4.69, 9.17) is 0 Å². The highest BCUT2D eigenvalue weighted by Gasteiger charge is 1.69. The van der Waals surface area contributed by atoms with Crippen LogP contribution in [-0.4, -0.2) is 9.55 Å². The molecule has 0 atom stereocenters. The van der Waals surface area contributed by atoms with E-state index in [1.807, 2.05) is 36.1 Å². The zero-order chi connectivity index (χ0) is 9.52. The first-order valence-electron chi connectivity index (χ1n) is 4.00. The number of hydrogen-bond acceptors (Lipinski definition) is 1. The molecule has 2 aromatic heterocycles. The van der Waals surface area contributed by atoms with Crippen molar-refractivity contribution in [2.75, 3.05) is 0 Å². The van der Waals surface area contributed by atoms with Gasteiger partial charge < -0.3 is 9.55 Å². The lowest BCUT2D eigenvalue weighted by atomic mass is 10.5. The van der Waals surface area contributed by atoms with Gasteiger partial charge >= 0.3 is 0 Å². The van der Waals surface area contributed by atoms with Crippen LogP contribution in [0.15, 0.2) is 53.7 Å². The molecule has 0 saturated carbocycles. The zero-order valence-electron chi connectivity index (χ0n) is 7.47. The van der Waals surface area contributed by atoms with Gasteiger partial charge in [0.05, 0.1) is 0 Å². The second kappa shape index (κ2) is 4.98. The number of nitrogens with zero attached hydrogens (tertiary/aromatic N) is 1. The number of pyridine rings is 1. The second-order valence-electron chi connectivity index (χ2n) is 2.58. The van der Waals surface area contributed by atoms with Crippen LogP contribution in [0.5, 0.6) is 0 Å². The van der Waals surface area contributed by atoms with Crippen LogP contribution in [0.3, 0.4) is 0 Å². The third kappa shape index (κ3) is 3.96. The van der Waals surface area contributed by atoms with E-state index in [9.17, 15) is 4.79 Å². The van der Waals surface area contributed by atoms with Crippen LogP contribution in [0.4, 0.5) is 0 Å². The Morgan fingerprint density at radius 1 is 1.15 bits per heavy atom. The number of aromatic nitrogens is 2. The smallest absolute Gasteiger partial charge is 0.247 e. The molecular formula is C10H12N2O. The molecule has 2 rings (SSSR count). The Hall–Kier alpha value is -1.77. The summed E-state index contributed by atoms with van der Waals surface area (Å²) in [5, 5.41) is 0. The fourth-order valence-corrected chi connectivity index (χ4v) is 0.797. The van der Waals surface area contributed by atoms with Crippen molar-refractivity contribution in [3.8, 4) is 0 Å². The minimum Gasteiger partial charge on any atom is -0.357 e.